The van der Waals surface area contributed by atoms with Gasteiger partial charge in [-0.25, -0.2) is 0 Å². The van der Waals surface area contributed by atoms with Gasteiger partial charge in [0.2, 0.25) is 0 Å². The highest BCUT2D eigenvalue weighted by Gasteiger charge is 2.29. The van der Waals surface area contributed by atoms with Crippen LogP contribution >= 0.6 is 0 Å². The zero-order valence-corrected chi connectivity index (χ0v) is 8.71. The number of ether oxygens (including phenoxy) is 2. The second-order valence-electron chi connectivity index (χ2n) is 5.15. The lowest BCUT2D eigenvalue weighted by molar-refractivity contribution is -0.00210. The summed E-state index contributed by atoms with van der Waals surface area (Å²) in [6.07, 6.45) is 6.03. The first-order valence-corrected chi connectivity index (χ1v) is 5.39. The molecule has 1 saturated heterocycles. The molecular weight excluding hydrogens is 164 g/mol. The van der Waals surface area contributed by atoms with Gasteiger partial charge in [0.25, 0.3) is 0 Å². The molecule has 2 fully saturated rings. The zero-order valence-electron chi connectivity index (χ0n) is 8.71. The first-order valence-electron chi connectivity index (χ1n) is 5.39. The third kappa shape index (κ3) is 2.96. The fourth-order valence-corrected chi connectivity index (χ4v) is 1.95. The van der Waals surface area contributed by atoms with Gasteiger partial charge < -0.3 is 9.47 Å². The summed E-state index contributed by atoms with van der Waals surface area (Å²) in [7, 11) is 0. The molecule has 1 saturated carbocycles. The smallest absolute Gasteiger partial charge is 0.104 e. The normalized spacial score (nSPS) is 33.2. The second kappa shape index (κ2) is 3.58. The van der Waals surface area contributed by atoms with Gasteiger partial charge in [-0.3, -0.25) is 0 Å². The van der Waals surface area contributed by atoms with Crippen molar-refractivity contribution >= 4 is 0 Å². The number of epoxide rings is 1. The number of hydrogen-bond donors (Lipinski definition) is 0. The van der Waals surface area contributed by atoms with Crippen LogP contribution in [0.15, 0.2) is 0 Å². The van der Waals surface area contributed by atoms with Crippen LogP contribution < -0.4 is 0 Å². The van der Waals surface area contributed by atoms with Gasteiger partial charge in [0.1, 0.15) is 6.10 Å². The Morgan fingerprint density at radius 2 is 1.92 bits per heavy atom. The van der Waals surface area contributed by atoms with Crippen molar-refractivity contribution in [1.29, 1.82) is 0 Å². The van der Waals surface area contributed by atoms with E-state index in [1.54, 1.807) is 0 Å². The fourth-order valence-electron chi connectivity index (χ4n) is 1.95. The molecule has 1 atom stereocenters. The molecule has 2 aliphatic rings. The lowest BCUT2D eigenvalue weighted by atomic mass is 9.76. The van der Waals surface area contributed by atoms with Gasteiger partial charge in [-0.15, -0.1) is 0 Å². The molecule has 13 heavy (non-hydrogen) atoms. The average molecular weight is 184 g/mol. The summed E-state index contributed by atoms with van der Waals surface area (Å²) in [6.45, 7) is 6.45. The van der Waals surface area contributed by atoms with E-state index in [0.717, 1.165) is 13.2 Å². The van der Waals surface area contributed by atoms with Crippen LogP contribution in [0, 0.1) is 5.41 Å². The van der Waals surface area contributed by atoms with Crippen molar-refractivity contribution in [1.82, 2.24) is 0 Å². The van der Waals surface area contributed by atoms with Crippen LogP contribution in [0.2, 0.25) is 0 Å². The molecule has 0 spiro atoms. The van der Waals surface area contributed by atoms with Crippen molar-refractivity contribution in [2.75, 3.05) is 13.2 Å². The molecule has 1 aliphatic carbocycles. The first kappa shape index (κ1) is 9.47. The van der Waals surface area contributed by atoms with Crippen molar-refractivity contribution in [2.45, 2.75) is 51.7 Å². The highest BCUT2D eigenvalue weighted by atomic mass is 16.6. The minimum Gasteiger partial charge on any atom is -0.375 e. The van der Waals surface area contributed by atoms with Crippen LogP contribution in [0.3, 0.4) is 0 Å². The maximum absolute atomic E-state index is 5.78. The summed E-state index contributed by atoms with van der Waals surface area (Å²) < 4.78 is 10.9. The van der Waals surface area contributed by atoms with Crippen LogP contribution in [-0.2, 0) is 9.47 Å². The Morgan fingerprint density at radius 3 is 2.46 bits per heavy atom. The molecule has 1 heterocycles. The number of hydrogen-bond acceptors (Lipinski definition) is 2. The molecule has 0 aromatic rings. The highest BCUT2D eigenvalue weighted by Crippen LogP contribution is 2.36. The predicted molar refractivity (Wildman–Crippen MR) is 51.7 cm³/mol. The van der Waals surface area contributed by atoms with Gasteiger partial charge in [0.05, 0.1) is 19.3 Å². The van der Waals surface area contributed by atoms with Gasteiger partial charge in [-0.1, -0.05) is 13.8 Å². The lowest BCUT2D eigenvalue weighted by Crippen LogP contribution is -2.27. The molecule has 76 valence electrons. The molecule has 0 bridgehead atoms. The van der Waals surface area contributed by atoms with Crippen molar-refractivity contribution < 1.29 is 9.47 Å². The van der Waals surface area contributed by atoms with Gasteiger partial charge >= 0.3 is 0 Å². The number of rotatable bonds is 3. The lowest BCUT2D eigenvalue weighted by Gasteiger charge is -2.34. The van der Waals surface area contributed by atoms with E-state index in [0.29, 0.717) is 17.6 Å². The maximum Gasteiger partial charge on any atom is 0.104 e. The van der Waals surface area contributed by atoms with Gasteiger partial charge in [0.15, 0.2) is 0 Å². The van der Waals surface area contributed by atoms with E-state index in [1.165, 1.54) is 25.7 Å². The molecule has 0 aromatic carbocycles. The van der Waals surface area contributed by atoms with E-state index in [-0.39, 0.29) is 0 Å². The molecule has 2 nitrogen and oxygen atoms in total. The monoisotopic (exact) mass is 184 g/mol. The fraction of sp³-hybridized carbons (Fsp3) is 1.00. The van der Waals surface area contributed by atoms with Crippen molar-refractivity contribution in [2.24, 2.45) is 5.41 Å². The van der Waals surface area contributed by atoms with E-state index in [9.17, 15) is 0 Å². The third-order valence-electron chi connectivity index (χ3n) is 3.21. The Hall–Kier alpha value is -0.0800. The predicted octanol–water partition coefficient (Wildman–Crippen LogP) is 2.37. The van der Waals surface area contributed by atoms with E-state index in [4.69, 9.17) is 9.47 Å². The quantitative estimate of drug-likeness (QED) is 0.628. The Labute approximate surface area is 80.6 Å². The Balaban J connectivity index is 1.65. The summed E-state index contributed by atoms with van der Waals surface area (Å²) in [5, 5.41) is 0. The Morgan fingerprint density at radius 1 is 1.31 bits per heavy atom. The topological polar surface area (TPSA) is 21.8 Å². The van der Waals surface area contributed by atoms with E-state index in [1.807, 2.05) is 0 Å². The summed E-state index contributed by atoms with van der Waals surface area (Å²) in [4.78, 5) is 0. The summed E-state index contributed by atoms with van der Waals surface area (Å²) in [5.41, 5.74) is 0.552. The van der Waals surface area contributed by atoms with Gasteiger partial charge in [-0.2, -0.15) is 0 Å². The summed E-state index contributed by atoms with van der Waals surface area (Å²) in [5.74, 6) is 0. The SMILES string of the molecule is CC1(C)CCC(OCC2CO2)CC1. The van der Waals surface area contributed by atoms with Crippen LogP contribution in [0.5, 0.6) is 0 Å². The van der Waals surface area contributed by atoms with Crippen LogP contribution in [0.25, 0.3) is 0 Å². The molecule has 0 N–H and O–H groups in total. The van der Waals surface area contributed by atoms with Crippen LogP contribution in [0.1, 0.15) is 39.5 Å². The third-order valence-corrected chi connectivity index (χ3v) is 3.21. The molecule has 0 aromatic heterocycles. The van der Waals surface area contributed by atoms with Crippen molar-refractivity contribution in [3.8, 4) is 0 Å². The molecular formula is C11H20O2. The summed E-state index contributed by atoms with van der Waals surface area (Å²) in [6, 6.07) is 0. The van der Waals surface area contributed by atoms with Crippen LogP contribution in [-0.4, -0.2) is 25.4 Å². The zero-order chi connectivity index (χ0) is 9.31. The van der Waals surface area contributed by atoms with E-state index in [2.05, 4.69) is 13.8 Å². The molecule has 2 rings (SSSR count). The van der Waals surface area contributed by atoms with Crippen molar-refractivity contribution in [3.63, 3.8) is 0 Å². The molecule has 1 aliphatic heterocycles. The molecule has 1 unspecified atom stereocenters. The second-order valence-corrected chi connectivity index (χ2v) is 5.15. The average Bonchev–Trinajstić information content (AvgIpc) is 2.86. The largest absolute Gasteiger partial charge is 0.375 e. The van der Waals surface area contributed by atoms with E-state index >= 15 is 0 Å². The Bertz CT molecular complexity index is 160. The molecule has 2 heteroatoms. The van der Waals surface area contributed by atoms with Gasteiger partial charge in [-0.05, 0) is 31.1 Å². The standard InChI is InChI=1S/C11H20O2/c1-11(2)5-3-9(4-6-11)12-7-10-8-13-10/h9-10H,3-8H2,1-2H3. The summed E-state index contributed by atoms with van der Waals surface area (Å²) >= 11 is 0. The maximum atomic E-state index is 5.78. The van der Waals surface area contributed by atoms with Crippen molar-refractivity contribution in [3.05, 3.63) is 0 Å². The molecule has 0 amide bonds. The minimum absolute atomic E-state index is 0.426. The van der Waals surface area contributed by atoms with Gasteiger partial charge in [0, 0.05) is 0 Å². The van der Waals surface area contributed by atoms with E-state index < -0.39 is 0 Å². The Kier molecular flexibility index (Phi) is 2.61. The molecule has 0 radical (unpaired) electrons. The van der Waals surface area contributed by atoms with Crippen LogP contribution in [0.4, 0.5) is 0 Å². The minimum atomic E-state index is 0.426. The first-order chi connectivity index (χ1) is 6.16. The highest BCUT2D eigenvalue weighted by molar-refractivity contribution is 4.79.